The second-order valence-electron chi connectivity index (χ2n) is 8.40. The standard InChI is InChI=1S/C19H30OS/c1-18(2,3)13-10-14(19(4,5)6)12-15(11-13)21-17-9-7-8-16(17)20/h10-12,16-17,20H,7-9H2,1-6H3/t16-,17-/m0/s1. The van der Waals surface area contributed by atoms with Gasteiger partial charge >= 0.3 is 0 Å². The third-order valence-corrected chi connectivity index (χ3v) is 5.70. The van der Waals surface area contributed by atoms with Gasteiger partial charge in [0.25, 0.3) is 0 Å². The number of aliphatic hydroxyl groups excluding tert-OH is 1. The van der Waals surface area contributed by atoms with Crippen molar-refractivity contribution >= 4 is 11.8 Å². The Morgan fingerprint density at radius 2 is 1.43 bits per heavy atom. The molecule has 0 heterocycles. The Morgan fingerprint density at radius 3 is 1.81 bits per heavy atom. The lowest BCUT2D eigenvalue weighted by Crippen LogP contribution is -2.18. The van der Waals surface area contributed by atoms with E-state index in [2.05, 4.69) is 59.7 Å². The van der Waals surface area contributed by atoms with E-state index in [0.29, 0.717) is 5.25 Å². The van der Waals surface area contributed by atoms with Gasteiger partial charge in [-0.15, -0.1) is 11.8 Å². The van der Waals surface area contributed by atoms with E-state index in [1.165, 1.54) is 16.0 Å². The number of thioether (sulfide) groups is 1. The molecule has 0 radical (unpaired) electrons. The number of hydrogen-bond donors (Lipinski definition) is 1. The molecule has 0 amide bonds. The highest BCUT2D eigenvalue weighted by atomic mass is 32.2. The third kappa shape index (κ3) is 4.26. The molecule has 1 saturated carbocycles. The van der Waals surface area contributed by atoms with E-state index in [1.54, 1.807) is 0 Å². The lowest BCUT2D eigenvalue weighted by atomic mass is 9.81. The molecule has 1 aliphatic carbocycles. The summed E-state index contributed by atoms with van der Waals surface area (Å²) in [5.74, 6) is 0. The van der Waals surface area contributed by atoms with Crippen LogP contribution in [0, 0.1) is 0 Å². The Balaban J connectivity index is 2.36. The van der Waals surface area contributed by atoms with E-state index in [1.807, 2.05) is 11.8 Å². The van der Waals surface area contributed by atoms with Gasteiger partial charge in [0.2, 0.25) is 0 Å². The SMILES string of the molecule is CC(C)(C)c1cc(S[C@H]2CCC[C@@H]2O)cc(C(C)(C)C)c1. The predicted molar refractivity (Wildman–Crippen MR) is 93.3 cm³/mol. The Morgan fingerprint density at radius 1 is 0.905 bits per heavy atom. The maximum absolute atomic E-state index is 10.1. The van der Waals surface area contributed by atoms with Crippen LogP contribution in [-0.2, 0) is 10.8 Å². The second-order valence-corrected chi connectivity index (χ2v) is 9.71. The quantitative estimate of drug-likeness (QED) is 0.801. The Bertz CT molecular complexity index is 461. The Kier molecular flexibility index (Phi) is 4.80. The van der Waals surface area contributed by atoms with Gasteiger partial charge in [-0.2, -0.15) is 0 Å². The van der Waals surface area contributed by atoms with Crippen molar-refractivity contribution in [3.63, 3.8) is 0 Å². The summed E-state index contributed by atoms with van der Waals surface area (Å²) in [7, 11) is 0. The molecule has 1 aromatic carbocycles. The number of hydrogen-bond acceptors (Lipinski definition) is 2. The summed E-state index contributed by atoms with van der Waals surface area (Å²) in [6.07, 6.45) is 3.12. The maximum Gasteiger partial charge on any atom is 0.0662 e. The molecular formula is C19H30OS. The molecule has 0 bridgehead atoms. The van der Waals surface area contributed by atoms with Crippen LogP contribution in [0.1, 0.15) is 71.9 Å². The molecular weight excluding hydrogens is 276 g/mol. The molecule has 0 unspecified atom stereocenters. The van der Waals surface area contributed by atoms with E-state index >= 15 is 0 Å². The summed E-state index contributed by atoms with van der Waals surface area (Å²) in [4.78, 5) is 1.32. The first-order chi connectivity index (χ1) is 9.57. The van der Waals surface area contributed by atoms with Gasteiger partial charge < -0.3 is 5.11 Å². The van der Waals surface area contributed by atoms with Gasteiger partial charge in [0.15, 0.2) is 0 Å². The minimum Gasteiger partial charge on any atom is -0.392 e. The van der Waals surface area contributed by atoms with E-state index in [0.717, 1.165) is 19.3 Å². The largest absolute Gasteiger partial charge is 0.392 e. The van der Waals surface area contributed by atoms with E-state index in [9.17, 15) is 5.11 Å². The smallest absolute Gasteiger partial charge is 0.0662 e. The van der Waals surface area contributed by atoms with Crippen molar-refractivity contribution in [3.05, 3.63) is 29.3 Å². The summed E-state index contributed by atoms with van der Waals surface area (Å²) in [6, 6.07) is 7.00. The van der Waals surface area contributed by atoms with Crippen molar-refractivity contribution in [3.8, 4) is 0 Å². The Hall–Kier alpha value is -0.470. The highest BCUT2D eigenvalue weighted by Crippen LogP contribution is 2.39. The van der Waals surface area contributed by atoms with Crippen molar-refractivity contribution in [2.45, 2.75) is 87.9 Å². The highest BCUT2D eigenvalue weighted by Gasteiger charge is 2.27. The van der Waals surface area contributed by atoms with Gasteiger partial charge in [0.05, 0.1) is 6.10 Å². The van der Waals surface area contributed by atoms with Crippen LogP contribution in [0.4, 0.5) is 0 Å². The van der Waals surface area contributed by atoms with Crippen LogP contribution in [0.15, 0.2) is 23.1 Å². The van der Waals surface area contributed by atoms with Crippen LogP contribution < -0.4 is 0 Å². The van der Waals surface area contributed by atoms with Crippen molar-refractivity contribution in [1.29, 1.82) is 0 Å². The fourth-order valence-electron chi connectivity index (χ4n) is 2.75. The molecule has 0 aromatic heterocycles. The van der Waals surface area contributed by atoms with Crippen molar-refractivity contribution < 1.29 is 5.11 Å². The average Bonchev–Trinajstić information content (AvgIpc) is 2.72. The van der Waals surface area contributed by atoms with Crippen LogP contribution in [-0.4, -0.2) is 16.5 Å². The van der Waals surface area contributed by atoms with Crippen LogP contribution in [0.25, 0.3) is 0 Å². The zero-order valence-corrected chi connectivity index (χ0v) is 15.2. The first-order valence-electron chi connectivity index (χ1n) is 8.08. The summed E-state index contributed by atoms with van der Waals surface area (Å²) >= 11 is 1.87. The summed E-state index contributed by atoms with van der Waals surface area (Å²) in [6.45, 7) is 13.6. The van der Waals surface area contributed by atoms with Crippen LogP contribution in [0.5, 0.6) is 0 Å². The zero-order chi connectivity index (χ0) is 15.8. The molecule has 0 aliphatic heterocycles. The molecule has 2 heteroatoms. The predicted octanol–water partition coefficient (Wildman–Crippen LogP) is 5.29. The monoisotopic (exact) mass is 306 g/mol. The van der Waals surface area contributed by atoms with E-state index in [4.69, 9.17) is 0 Å². The number of aliphatic hydroxyl groups is 1. The van der Waals surface area contributed by atoms with Crippen LogP contribution in [0.3, 0.4) is 0 Å². The molecule has 2 rings (SSSR count). The van der Waals surface area contributed by atoms with Gasteiger partial charge in [-0.1, -0.05) is 47.6 Å². The van der Waals surface area contributed by atoms with Crippen molar-refractivity contribution in [2.24, 2.45) is 0 Å². The molecule has 1 fully saturated rings. The summed E-state index contributed by atoms with van der Waals surface area (Å²) in [5, 5.41) is 10.5. The summed E-state index contributed by atoms with van der Waals surface area (Å²) in [5.41, 5.74) is 3.10. The lowest BCUT2D eigenvalue weighted by Gasteiger charge is -2.27. The molecule has 1 aromatic rings. The zero-order valence-electron chi connectivity index (χ0n) is 14.4. The van der Waals surface area contributed by atoms with E-state index in [-0.39, 0.29) is 16.9 Å². The molecule has 1 N–H and O–H groups in total. The Labute approximate surface area is 134 Å². The first kappa shape index (κ1) is 16.9. The highest BCUT2D eigenvalue weighted by molar-refractivity contribution is 8.00. The fraction of sp³-hybridized carbons (Fsp3) is 0.684. The minimum absolute atomic E-state index is 0.133. The van der Waals surface area contributed by atoms with Crippen LogP contribution in [0.2, 0.25) is 0 Å². The van der Waals surface area contributed by atoms with Gasteiger partial charge in [-0.05, 0) is 53.4 Å². The van der Waals surface area contributed by atoms with Crippen molar-refractivity contribution in [2.75, 3.05) is 0 Å². The van der Waals surface area contributed by atoms with Gasteiger partial charge in [-0.25, -0.2) is 0 Å². The molecule has 21 heavy (non-hydrogen) atoms. The minimum atomic E-state index is -0.133. The molecule has 2 atom stereocenters. The molecule has 0 saturated heterocycles. The molecule has 1 aliphatic rings. The molecule has 118 valence electrons. The van der Waals surface area contributed by atoms with E-state index < -0.39 is 0 Å². The average molecular weight is 307 g/mol. The van der Waals surface area contributed by atoms with Crippen molar-refractivity contribution in [1.82, 2.24) is 0 Å². The number of benzene rings is 1. The first-order valence-corrected chi connectivity index (χ1v) is 8.96. The fourth-order valence-corrected chi connectivity index (χ4v) is 4.07. The van der Waals surface area contributed by atoms with Crippen LogP contribution >= 0.6 is 11.8 Å². The summed E-state index contributed by atoms with van der Waals surface area (Å²) < 4.78 is 0. The number of rotatable bonds is 2. The normalized spacial score (nSPS) is 23.6. The maximum atomic E-state index is 10.1. The van der Waals surface area contributed by atoms with Gasteiger partial charge in [-0.3, -0.25) is 0 Å². The molecule has 1 nitrogen and oxygen atoms in total. The van der Waals surface area contributed by atoms with Gasteiger partial charge in [0.1, 0.15) is 0 Å². The molecule has 0 spiro atoms. The third-order valence-electron chi connectivity index (χ3n) is 4.34. The lowest BCUT2D eigenvalue weighted by molar-refractivity contribution is 0.188. The topological polar surface area (TPSA) is 20.2 Å². The second kappa shape index (κ2) is 5.96. The van der Waals surface area contributed by atoms with Gasteiger partial charge in [0, 0.05) is 10.1 Å².